The topological polar surface area (TPSA) is 79.5 Å². The van der Waals surface area contributed by atoms with Gasteiger partial charge in [-0.1, -0.05) is 12.1 Å². The van der Waals surface area contributed by atoms with Crippen molar-refractivity contribution in [3.63, 3.8) is 0 Å². The summed E-state index contributed by atoms with van der Waals surface area (Å²) in [6, 6.07) is 9.09. The molecule has 1 aliphatic rings. The van der Waals surface area contributed by atoms with Gasteiger partial charge in [0.05, 0.1) is 5.52 Å². The average molecular weight is 485 g/mol. The van der Waals surface area contributed by atoms with E-state index in [2.05, 4.69) is 20.9 Å². The number of benzene rings is 1. The lowest BCUT2D eigenvalue weighted by Gasteiger charge is -2.38. The molecular weight excluding hydrogens is 464 g/mol. The molecule has 30 heavy (non-hydrogen) atoms. The van der Waals surface area contributed by atoms with E-state index < -0.39 is 6.04 Å². The Morgan fingerprint density at radius 2 is 2.17 bits per heavy atom. The third-order valence-corrected chi connectivity index (χ3v) is 6.88. The number of aromatic nitrogens is 1. The van der Waals surface area contributed by atoms with Crippen LogP contribution < -0.4 is 5.73 Å². The first kappa shape index (κ1) is 20.6. The van der Waals surface area contributed by atoms with Crippen LogP contribution in [0.5, 0.6) is 0 Å². The summed E-state index contributed by atoms with van der Waals surface area (Å²) in [6.07, 6.45) is 5.01. The van der Waals surface area contributed by atoms with E-state index in [-0.39, 0.29) is 11.8 Å². The van der Waals surface area contributed by atoms with Gasteiger partial charge in [0.2, 0.25) is 11.8 Å². The van der Waals surface area contributed by atoms with Crippen molar-refractivity contribution in [1.29, 1.82) is 0 Å². The van der Waals surface area contributed by atoms with Crippen LogP contribution in [-0.2, 0) is 16.1 Å². The molecule has 0 aliphatic carbocycles. The van der Waals surface area contributed by atoms with E-state index in [1.165, 1.54) is 6.08 Å². The largest absolute Gasteiger partial charge is 0.398 e. The zero-order valence-corrected chi connectivity index (χ0v) is 18.8. The number of hydrogen-bond acceptors (Lipinski definition) is 5. The van der Waals surface area contributed by atoms with Gasteiger partial charge in [0.15, 0.2) is 0 Å². The number of nitrogens with zero attached hydrogens (tertiary/aromatic N) is 3. The molecule has 0 bridgehead atoms. The molecule has 0 radical (unpaired) electrons. The van der Waals surface area contributed by atoms with E-state index in [0.717, 1.165) is 25.8 Å². The maximum atomic E-state index is 12.9. The van der Waals surface area contributed by atoms with Crippen molar-refractivity contribution in [1.82, 2.24) is 14.8 Å². The molecule has 154 valence electrons. The Labute approximate surface area is 187 Å². The number of rotatable bonds is 4. The first-order valence-electron chi connectivity index (χ1n) is 9.57. The molecule has 8 heteroatoms. The monoisotopic (exact) mass is 484 g/mol. The van der Waals surface area contributed by atoms with Crippen molar-refractivity contribution in [2.75, 3.05) is 18.8 Å². The highest BCUT2D eigenvalue weighted by molar-refractivity contribution is 9.10. The minimum Gasteiger partial charge on any atom is -0.398 e. The lowest BCUT2D eigenvalue weighted by Crippen LogP contribution is -2.56. The Bertz CT molecular complexity index is 1140. The fraction of sp³-hybridized carbons (Fsp3) is 0.227. The summed E-state index contributed by atoms with van der Waals surface area (Å²) in [5.41, 5.74) is 8.48. The van der Waals surface area contributed by atoms with E-state index >= 15 is 0 Å². The molecule has 4 rings (SSSR count). The minimum atomic E-state index is -0.500. The Kier molecular flexibility index (Phi) is 5.87. The average Bonchev–Trinajstić information content (AvgIpc) is 3.15. The van der Waals surface area contributed by atoms with Crippen LogP contribution in [0.2, 0.25) is 0 Å². The molecule has 0 saturated carbocycles. The van der Waals surface area contributed by atoms with Crippen molar-refractivity contribution in [3.05, 3.63) is 62.9 Å². The van der Waals surface area contributed by atoms with Gasteiger partial charge in [-0.2, -0.15) is 0 Å². The molecule has 3 aromatic rings. The fourth-order valence-electron chi connectivity index (χ4n) is 3.59. The number of hydrogen-bond donors (Lipinski definition) is 1. The summed E-state index contributed by atoms with van der Waals surface area (Å²) < 4.78 is 0.989. The number of anilines is 1. The van der Waals surface area contributed by atoms with E-state index in [1.54, 1.807) is 46.4 Å². The van der Waals surface area contributed by atoms with Gasteiger partial charge in [-0.3, -0.25) is 14.6 Å². The third kappa shape index (κ3) is 4.24. The summed E-state index contributed by atoms with van der Waals surface area (Å²) >= 11 is 4.95. The molecule has 1 aliphatic heterocycles. The highest BCUT2D eigenvalue weighted by atomic mass is 79.9. The Morgan fingerprint density at radius 3 is 2.93 bits per heavy atom. The quantitative estimate of drug-likeness (QED) is 0.569. The number of nitrogens with two attached hydrogens (primary N) is 1. The van der Waals surface area contributed by atoms with Gasteiger partial charge in [-0.25, -0.2) is 0 Å². The van der Waals surface area contributed by atoms with E-state index in [9.17, 15) is 9.59 Å². The van der Waals surface area contributed by atoms with Crippen LogP contribution in [-0.4, -0.2) is 45.7 Å². The molecule has 1 fully saturated rings. The fourth-order valence-corrected chi connectivity index (χ4v) is 4.92. The maximum absolute atomic E-state index is 12.9. The number of nitrogen functional groups attached to an aromatic ring is 1. The standard InChI is InChI=1S/C22H21BrN4O2S/c1-14-22(29)26(12-15-2-4-18-19(24)6-7-25-20(18)10-15)8-9-27(14)21(28)5-3-17-11-16(23)13-30-17/h2-7,10-11,13-14H,8-9,12H2,1H3,(H2,24,25)/b5-3+/t14-/m0/s1. The number of carbonyl (C=O) groups excluding carboxylic acids is 2. The molecule has 1 saturated heterocycles. The Balaban J connectivity index is 1.43. The van der Waals surface area contributed by atoms with Crippen LogP contribution in [0.1, 0.15) is 17.4 Å². The predicted octanol–water partition coefficient (Wildman–Crippen LogP) is 3.91. The number of amides is 2. The molecule has 6 nitrogen and oxygen atoms in total. The predicted molar refractivity (Wildman–Crippen MR) is 124 cm³/mol. The summed E-state index contributed by atoms with van der Waals surface area (Å²) in [7, 11) is 0. The Morgan fingerprint density at radius 1 is 1.33 bits per heavy atom. The number of thiophene rings is 1. The van der Waals surface area contributed by atoms with Crippen molar-refractivity contribution in [3.8, 4) is 0 Å². The summed E-state index contributed by atoms with van der Waals surface area (Å²) in [6.45, 7) is 3.26. The smallest absolute Gasteiger partial charge is 0.247 e. The van der Waals surface area contributed by atoms with Gasteiger partial charge in [0.25, 0.3) is 0 Å². The molecule has 3 heterocycles. The van der Waals surface area contributed by atoms with Gasteiger partial charge in [-0.15, -0.1) is 11.3 Å². The summed E-state index contributed by atoms with van der Waals surface area (Å²) in [5.74, 6) is -0.201. The summed E-state index contributed by atoms with van der Waals surface area (Å²) in [4.78, 5) is 34.3. The SMILES string of the molecule is C[C@H]1C(=O)N(Cc2ccc3c(N)ccnc3c2)CCN1C(=O)/C=C/c1cc(Br)cs1. The van der Waals surface area contributed by atoms with Crippen molar-refractivity contribution in [2.45, 2.75) is 19.5 Å². The summed E-state index contributed by atoms with van der Waals surface area (Å²) in [5, 5.41) is 2.87. The highest BCUT2D eigenvalue weighted by Gasteiger charge is 2.33. The second-order valence-electron chi connectivity index (χ2n) is 7.22. The molecule has 0 unspecified atom stereocenters. The van der Waals surface area contributed by atoms with Gasteiger partial charge in [0, 0.05) is 57.7 Å². The van der Waals surface area contributed by atoms with Gasteiger partial charge < -0.3 is 15.5 Å². The minimum absolute atomic E-state index is 0.0532. The van der Waals surface area contributed by atoms with Gasteiger partial charge in [0.1, 0.15) is 6.04 Å². The zero-order chi connectivity index (χ0) is 21.3. The van der Waals surface area contributed by atoms with Crippen LogP contribution in [0, 0.1) is 0 Å². The molecule has 1 aromatic carbocycles. The third-order valence-electron chi connectivity index (χ3n) is 5.22. The normalized spacial score (nSPS) is 17.3. The second kappa shape index (κ2) is 8.57. The molecule has 2 N–H and O–H groups in total. The number of halogens is 1. The van der Waals surface area contributed by atoms with E-state index in [1.807, 2.05) is 29.6 Å². The first-order valence-corrected chi connectivity index (χ1v) is 11.2. The van der Waals surface area contributed by atoms with Crippen molar-refractivity contribution >= 4 is 61.7 Å². The number of pyridine rings is 1. The number of fused-ring (bicyclic) bond motifs is 1. The van der Waals surface area contributed by atoms with E-state index in [0.29, 0.717) is 25.3 Å². The molecule has 2 amide bonds. The first-order chi connectivity index (χ1) is 14.4. The lowest BCUT2D eigenvalue weighted by atomic mass is 10.1. The molecule has 0 spiro atoms. The van der Waals surface area contributed by atoms with Crippen LogP contribution in [0.3, 0.4) is 0 Å². The lowest BCUT2D eigenvalue weighted by molar-refractivity contribution is -0.148. The van der Waals surface area contributed by atoms with Crippen LogP contribution in [0.15, 0.2) is 52.5 Å². The van der Waals surface area contributed by atoms with Crippen molar-refractivity contribution in [2.24, 2.45) is 0 Å². The molecule has 1 atom stereocenters. The van der Waals surface area contributed by atoms with E-state index in [4.69, 9.17) is 5.73 Å². The maximum Gasteiger partial charge on any atom is 0.247 e. The molecular formula is C22H21BrN4O2S. The second-order valence-corrected chi connectivity index (χ2v) is 9.08. The van der Waals surface area contributed by atoms with Crippen LogP contribution in [0.25, 0.3) is 17.0 Å². The molecule has 2 aromatic heterocycles. The van der Waals surface area contributed by atoms with Crippen molar-refractivity contribution < 1.29 is 9.59 Å². The Hall–Kier alpha value is -2.71. The number of piperazine rings is 1. The van der Waals surface area contributed by atoms with Gasteiger partial charge >= 0.3 is 0 Å². The highest BCUT2D eigenvalue weighted by Crippen LogP contribution is 2.23. The van der Waals surface area contributed by atoms with Crippen LogP contribution >= 0.6 is 27.3 Å². The zero-order valence-electron chi connectivity index (χ0n) is 16.4. The van der Waals surface area contributed by atoms with Gasteiger partial charge in [-0.05, 0) is 52.7 Å². The van der Waals surface area contributed by atoms with Crippen LogP contribution in [0.4, 0.5) is 5.69 Å². The number of carbonyl (C=O) groups is 2.